The van der Waals surface area contributed by atoms with Crippen LogP contribution in [-0.2, 0) is 0 Å². The van der Waals surface area contributed by atoms with E-state index in [1.54, 1.807) is 0 Å². The third-order valence-electron chi connectivity index (χ3n) is 10.4. The molecular weight excluding hydrogens is 556 g/mol. The van der Waals surface area contributed by atoms with Crippen molar-refractivity contribution in [1.82, 2.24) is 0 Å². The highest BCUT2D eigenvalue weighted by molar-refractivity contribution is 6.02. The SMILES string of the molecule is CC1C=CC2=C(C3=C(CCC=C3)c3ccccc3N2c2cccc(N3c4ccccc4-c4ccccc4-c4ccccc43)c2)C1C. The van der Waals surface area contributed by atoms with Gasteiger partial charge in [-0.25, -0.2) is 0 Å². The Bertz CT molecular complexity index is 2090. The molecule has 2 atom stereocenters. The summed E-state index contributed by atoms with van der Waals surface area (Å²) >= 11 is 0. The van der Waals surface area contributed by atoms with Gasteiger partial charge in [-0.2, -0.15) is 0 Å². The molecule has 2 unspecified atom stereocenters. The van der Waals surface area contributed by atoms with E-state index in [0.717, 1.165) is 18.5 Å². The van der Waals surface area contributed by atoms with E-state index in [1.165, 1.54) is 73.0 Å². The summed E-state index contributed by atoms with van der Waals surface area (Å²) < 4.78 is 0. The monoisotopic (exact) mass is 592 g/mol. The maximum absolute atomic E-state index is 2.53. The second-order valence-electron chi connectivity index (χ2n) is 12.9. The van der Waals surface area contributed by atoms with Crippen LogP contribution in [0.5, 0.6) is 0 Å². The average molecular weight is 593 g/mol. The number of anilines is 5. The molecule has 46 heavy (non-hydrogen) atoms. The standard InChI is InChI=1S/C44H36N2/c1-29-26-27-43-44(30(29)2)39-22-6-5-18-35(39)38-21-9-12-25-42(38)46(43)32-15-13-14-31(28-32)45-40-23-10-7-19-36(40)33-16-3-4-17-34(33)37-20-8-11-24-41(37)45/h3-4,6-17,19-30H,5,18H2,1-2H3. The van der Waals surface area contributed by atoms with Crippen LogP contribution in [-0.4, -0.2) is 0 Å². The maximum atomic E-state index is 2.53. The molecule has 0 saturated heterocycles. The molecule has 2 aliphatic carbocycles. The summed E-state index contributed by atoms with van der Waals surface area (Å²) in [6.45, 7) is 4.76. The molecule has 5 aromatic rings. The van der Waals surface area contributed by atoms with Crippen molar-refractivity contribution in [2.75, 3.05) is 9.80 Å². The Morgan fingerprint density at radius 1 is 0.543 bits per heavy atom. The van der Waals surface area contributed by atoms with Crippen molar-refractivity contribution in [2.45, 2.75) is 26.7 Å². The molecule has 0 amide bonds. The Kier molecular flexibility index (Phi) is 6.24. The van der Waals surface area contributed by atoms with Crippen LogP contribution in [0.15, 0.2) is 162 Å². The molecule has 4 aliphatic rings. The van der Waals surface area contributed by atoms with Crippen LogP contribution in [0.3, 0.4) is 0 Å². The first kappa shape index (κ1) is 27.0. The minimum Gasteiger partial charge on any atom is -0.310 e. The smallest absolute Gasteiger partial charge is 0.0540 e. The van der Waals surface area contributed by atoms with Crippen LogP contribution < -0.4 is 9.80 Å². The molecule has 222 valence electrons. The van der Waals surface area contributed by atoms with Gasteiger partial charge in [-0.3, -0.25) is 0 Å². The van der Waals surface area contributed by atoms with Crippen molar-refractivity contribution in [1.29, 1.82) is 0 Å². The predicted octanol–water partition coefficient (Wildman–Crippen LogP) is 12.2. The highest BCUT2D eigenvalue weighted by atomic mass is 15.2. The maximum Gasteiger partial charge on any atom is 0.0540 e. The molecule has 0 N–H and O–H groups in total. The quantitative estimate of drug-likeness (QED) is 0.197. The largest absolute Gasteiger partial charge is 0.310 e. The molecule has 0 bridgehead atoms. The molecule has 2 nitrogen and oxygen atoms in total. The van der Waals surface area contributed by atoms with Crippen LogP contribution in [0, 0.1) is 11.8 Å². The van der Waals surface area contributed by atoms with Crippen molar-refractivity contribution in [2.24, 2.45) is 11.8 Å². The minimum atomic E-state index is 0.413. The normalized spacial score (nSPS) is 19.3. The number of para-hydroxylation sites is 3. The molecule has 0 aromatic heterocycles. The van der Waals surface area contributed by atoms with E-state index in [0.29, 0.717) is 11.8 Å². The Morgan fingerprint density at radius 3 is 1.74 bits per heavy atom. The summed E-state index contributed by atoms with van der Waals surface area (Å²) in [4.78, 5) is 4.99. The molecule has 5 aromatic carbocycles. The van der Waals surface area contributed by atoms with Gasteiger partial charge in [-0.05, 0) is 95.0 Å². The van der Waals surface area contributed by atoms with Gasteiger partial charge in [0.25, 0.3) is 0 Å². The molecule has 2 heteroatoms. The summed E-state index contributed by atoms with van der Waals surface area (Å²) in [5.74, 6) is 0.888. The molecule has 9 rings (SSSR count). The van der Waals surface area contributed by atoms with Gasteiger partial charge in [-0.15, -0.1) is 0 Å². The van der Waals surface area contributed by atoms with Crippen LogP contribution in [0.25, 0.3) is 27.8 Å². The number of rotatable bonds is 2. The zero-order valence-corrected chi connectivity index (χ0v) is 26.3. The molecule has 2 heterocycles. The first-order valence-electron chi connectivity index (χ1n) is 16.6. The second-order valence-corrected chi connectivity index (χ2v) is 12.9. The lowest BCUT2D eigenvalue weighted by Crippen LogP contribution is -2.24. The van der Waals surface area contributed by atoms with Gasteiger partial charge in [0, 0.05) is 33.8 Å². The summed E-state index contributed by atoms with van der Waals surface area (Å²) in [6, 6.07) is 44.7. The highest BCUT2D eigenvalue weighted by Crippen LogP contribution is 2.53. The minimum absolute atomic E-state index is 0.413. The van der Waals surface area contributed by atoms with E-state index in [4.69, 9.17) is 0 Å². The first-order chi connectivity index (χ1) is 22.7. The number of hydrogen-bond donors (Lipinski definition) is 0. The van der Waals surface area contributed by atoms with Gasteiger partial charge in [-0.1, -0.05) is 117 Å². The average Bonchev–Trinajstić information content (AvgIpc) is 3.32. The predicted molar refractivity (Wildman–Crippen MR) is 194 cm³/mol. The number of hydrogen-bond acceptors (Lipinski definition) is 2. The Hall–Kier alpha value is -5.34. The second kappa shape index (κ2) is 10.6. The van der Waals surface area contributed by atoms with E-state index in [-0.39, 0.29) is 0 Å². The van der Waals surface area contributed by atoms with Gasteiger partial charge in [0.2, 0.25) is 0 Å². The lowest BCUT2D eigenvalue weighted by atomic mass is 9.76. The molecule has 0 radical (unpaired) electrons. The fourth-order valence-corrected chi connectivity index (χ4v) is 8.03. The Labute approximate surface area is 272 Å². The lowest BCUT2D eigenvalue weighted by molar-refractivity contribution is 0.523. The van der Waals surface area contributed by atoms with Crippen LogP contribution in [0.4, 0.5) is 28.4 Å². The topological polar surface area (TPSA) is 6.48 Å². The van der Waals surface area contributed by atoms with Crippen molar-refractivity contribution in [3.05, 3.63) is 168 Å². The van der Waals surface area contributed by atoms with Gasteiger partial charge in [0.05, 0.1) is 17.1 Å². The number of fused-ring (bicyclic) bond motifs is 8. The van der Waals surface area contributed by atoms with E-state index in [9.17, 15) is 0 Å². The third-order valence-corrected chi connectivity index (χ3v) is 10.4. The highest BCUT2D eigenvalue weighted by Gasteiger charge is 2.34. The number of allylic oxidation sites excluding steroid dienone is 7. The first-order valence-corrected chi connectivity index (χ1v) is 16.6. The fraction of sp³-hybridized carbons (Fsp3) is 0.136. The van der Waals surface area contributed by atoms with E-state index >= 15 is 0 Å². The fourth-order valence-electron chi connectivity index (χ4n) is 8.03. The van der Waals surface area contributed by atoms with Crippen LogP contribution in [0.2, 0.25) is 0 Å². The van der Waals surface area contributed by atoms with Gasteiger partial charge >= 0.3 is 0 Å². The Balaban J connectivity index is 1.29. The Morgan fingerprint density at radius 2 is 1.09 bits per heavy atom. The number of benzene rings is 5. The summed E-state index contributed by atoms with van der Waals surface area (Å²) in [7, 11) is 0. The molecule has 2 aliphatic heterocycles. The lowest BCUT2D eigenvalue weighted by Gasteiger charge is -2.35. The molecule has 0 spiro atoms. The van der Waals surface area contributed by atoms with Crippen molar-refractivity contribution >= 4 is 34.0 Å². The zero-order valence-electron chi connectivity index (χ0n) is 26.3. The molecular formula is C44H36N2. The van der Waals surface area contributed by atoms with Gasteiger partial charge < -0.3 is 9.80 Å². The number of nitrogens with zero attached hydrogens (tertiary/aromatic N) is 2. The molecule has 0 fully saturated rings. The van der Waals surface area contributed by atoms with Crippen LogP contribution in [0.1, 0.15) is 32.3 Å². The van der Waals surface area contributed by atoms with Gasteiger partial charge in [0.15, 0.2) is 0 Å². The van der Waals surface area contributed by atoms with Crippen molar-refractivity contribution in [3.63, 3.8) is 0 Å². The van der Waals surface area contributed by atoms with E-state index < -0.39 is 0 Å². The van der Waals surface area contributed by atoms with E-state index in [1.807, 2.05) is 0 Å². The summed E-state index contributed by atoms with van der Waals surface area (Å²) in [5.41, 5.74) is 18.0. The van der Waals surface area contributed by atoms with Crippen LogP contribution >= 0.6 is 0 Å². The van der Waals surface area contributed by atoms with Crippen molar-refractivity contribution in [3.8, 4) is 22.3 Å². The zero-order chi connectivity index (χ0) is 30.8. The summed E-state index contributed by atoms with van der Waals surface area (Å²) in [5, 5.41) is 0. The van der Waals surface area contributed by atoms with Gasteiger partial charge in [0.1, 0.15) is 0 Å². The van der Waals surface area contributed by atoms with Crippen molar-refractivity contribution < 1.29 is 0 Å². The summed E-state index contributed by atoms with van der Waals surface area (Å²) in [6.07, 6.45) is 11.7. The third kappa shape index (κ3) is 4.03. The van der Waals surface area contributed by atoms with E-state index in [2.05, 4.69) is 169 Å². The molecule has 0 saturated carbocycles.